The first-order valence-electron chi connectivity index (χ1n) is 5.52. The lowest BCUT2D eigenvalue weighted by molar-refractivity contribution is 0.0304. The fourth-order valence-corrected chi connectivity index (χ4v) is 2.72. The molecule has 0 aromatic carbocycles. The van der Waals surface area contributed by atoms with Crippen LogP contribution in [0.4, 0.5) is 0 Å². The summed E-state index contributed by atoms with van der Waals surface area (Å²) in [4.78, 5) is 0. The van der Waals surface area contributed by atoms with E-state index in [1.165, 1.54) is 12.8 Å². The summed E-state index contributed by atoms with van der Waals surface area (Å²) >= 11 is 0. The lowest BCUT2D eigenvalue weighted by Crippen LogP contribution is -2.38. The molecule has 0 aromatic heterocycles. The first-order chi connectivity index (χ1) is 5.52. The predicted octanol–water partition coefficient (Wildman–Crippen LogP) is 3.96. The Bertz CT molecular complexity index is 135. The normalized spacial score (nSPS) is 35.8. The largest absolute Gasteiger partial charge is 0.0628 e. The van der Waals surface area contributed by atoms with Crippen LogP contribution in [0.3, 0.4) is 0 Å². The fraction of sp³-hybridized carbons (Fsp3) is 1.00. The summed E-state index contributed by atoms with van der Waals surface area (Å²) in [6.45, 7) is 11.9. The molecule has 1 fully saturated rings. The van der Waals surface area contributed by atoms with E-state index in [4.69, 9.17) is 0 Å². The third-order valence-electron chi connectivity index (χ3n) is 3.52. The van der Waals surface area contributed by atoms with Crippen LogP contribution < -0.4 is 0 Å². The third kappa shape index (κ3) is 2.02. The van der Waals surface area contributed by atoms with E-state index in [0.29, 0.717) is 0 Å². The van der Waals surface area contributed by atoms with Crippen LogP contribution in [0.2, 0.25) is 0 Å². The van der Waals surface area contributed by atoms with Crippen molar-refractivity contribution >= 4 is 0 Å². The summed E-state index contributed by atoms with van der Waals surface area (Å²) in [6, 6.07) is 0. The van der Waals surface area contributed by atoms with E-state index >= 15 is 0 Å². The molecule has 0 N–H and O–H groups in total. The quantitative estimate of drug-likeness (QED) is 0.598. The summed E-state index contributed by atoms with van der Waals surface area (Å²) in [5, 5.41) is 0. The van der Waals surface area contributed by atoms with Gasteiger partial charge in [0, 0.05) is 0 Å². The Hall–Kier alpha value is 0. The van der Waals surface area contributed by atoms with Crippen molar-refractivity contribution in [1.29, 1.82) is 0 Å². The lowest BCUT2D eigenvalue weighted by atomic mass is 9.59. The van der Waals surface area contributed by atoms with Gasteiger partial charge >= 0.3 is 0 Å². The highest BCUT2D eigenvalue weighted by atomic mass is 14.4. The fourth-order valence-electron chi connectivity index (χ4n) is 2.72. The molecule has 0 heteroatoms. The highest BCUT2D eigenvalue weighted by Gasteiger charge is 2.39. The standard InChI is InChI=1S/C12H24/c1-8(2)6-12-10(5)7-11(12)9(3)4/h8-12H,6-7H2,1-5H3. The zero-order valence-corrected chi connectivity index (χ0v) is 9.30. The number of rotatable bonds is 3. The van der Waals surface area contributed by atoms with Crippen molar-refractivity contribution in [2.75, 3.05) is 0 Å². The molecule has 0 aromatic rings. The van der Waals surface area contributed by atoms with Gasteiger partial charge in [-0.15, -0.1) is 0 Å². The van der Waals surface area contributed by atoms with Crippen molar-refractivity contribution in [2.45, 2.75) is 47.5 Å². The highest BCUT2D eigenvalue weighted by molar-refractivity contribution is 4.88. The van der Waals surface area contributed by atoms with Crippen molar-refractivity contribution in [3.8, 4) is 0 Å². The van der Waals surface area contributed by atoms with Gasteiger partial charge in [0.15, 0.2) is 0 Å². The Kier molecular flexibility index (Phi) is 3.20. The average molecular weight is 168 g/mol. The van der Waals surface area contributed by atoms with E-state index in [0.717, 1.165) is 29.6 Å². The first kappa shape index (κ1) is 10.1. The molecule has 0 bridgehead atoms. The molecular weight excluding hydrogens is 144 g/mol. The van der Waals surface area contributed by atoms with Gasteiger partial charge in [0.1, 0.15) is 0 Å². The predicted molar refractivity (Wildman–Crippen MR) is 55.1 cm³/mol. The molecule has 0 spiro atoms. The number of hydrogen-bond donors (Lipinski definition) is 0. The van der Waals surface area contributed by atoms with E-state index in [1.54, 1.807) is 0 Å². The summed E-state index contributed by atoms with van der Waals surface area (Å²) in [7, 11) is 0. The third-order valence-corrected chi connectivity index (χ3v) is 3.52. The molecule has 0 nitrogen and oxygen atoms in total. The molecule has 12 heavy (non-hydrogen) atoms. The van der Waals surface area contributed by atoms with Crippen molar-refractivity contribution in [3.63, 3.8) is 0 Å². The van der Waals surface area contributed by atoms with Gasteiger partial charge in [-0.1, -0.05) is 34.6 Å². The molecule has 0 saturated heterocycles. The molecule has 3 unspecified atom stereocenters. The highest BCUT2D eigenvalue weighted by Crippen LogP contribution is 2.47. The van der Waals surface area contributed by atoms with Crippen molar-refractivity contribution in [1.82, 2.24) is 0 Å². The van der Waals surface area contributed by atoms with Gasteiger partial charge in [0.25, 0.3) is 0 Å². The lowest BCUT2D eigenvalue weighted by Gasteiger charge is -2.46. The van der Waals surface area contributed by atoms with Gasteiger partial charge in [-0.05, 0) is 42.4 Å². The van der Waals surface area contributed by atoms with E-state index in [1.807, 2.05) is 0 Å². The molecule has 1 saturated carbocycles. The molecular formula is C12H24. The molecule has 3 atom stereocenters. The second kappa shape index (κ2) is 3.81. The van der Waals surface area contributed by atoms with Crippen LogP contribution in [0.15, 0.2) is 0 Å². The SMILES string of the molecule is CC(C)CC1C(C)CC1C(C)C. The average Bonchev–Trinajstić information content (AvgIpc) is 1.95. The van der Waals surface area contributed by atoms with Crippen LogP contribution >= 0.6 is 0 Å². The zero-order chi connectivity index (χ0) is 9.30. The van der Waals surface area contributed by atoms with Crippen molar-refractivity contribution in [2.24, 2.45) is 29.6 Å². The van der Waals surface area contributed by atoms with Gasteiger partial charge in [-0.3, -0.25) is 0 Å². The molecule has 1 rings (SSSR count). The number of hydrogen-bond acceptors (Lipinski definition) is 0. The molecule has 0 heterocycles. The maximum absolute atomic E-state index is 2.42. The Labute approximate surface area is 77.7 Å². The zero-order valence-electron chi connectivity index (χ0n) is 9.30. The minimum absolute atomic E-state index is 0.888. The topological polar surface area (TPSA) is 0 Å². The molecule has 72 valence electrons. The molecule has 0 radical (unpaired) electrons. The van der Waals surface area contributed by atoms with Gasteiger partial charge in [-0.2, -0.15) is 0 Å². The second-order valence-corrected chi connectivity index (χ2v) is 5.41. The van der Waals surface area contributed by atoms with Gasteiger partial charge < -0.3 is 0 Å². The van der Waals surface area contributed by atoms with E-state index in [9.17, 15) is 0 Å². The van der Waals surface area contributed by atoms with Crippen LogP contribution in [-0.4, -0.2) is 0 Å². The van der Waals surface area contributed by atoms with Crippen LogP contribution in [0, 0.1) is 29.6 Å². The Morgan fingerprint density at radius 2 is 1.75 bits per heavy atom. The van der Waals surface area contributed by atoms with Gasteiger partial charge in [0.2, 0.25) is 0 Å². The van der Waals surface area contributed by atoms with Crippen LogP contribution in [-0.2, 0) is 0 Å². The minimum Gasteiger partial charge on any atom is -0.0628 e. The second-order valence-electron chi connectivity index (χ2n) is 5.41. The van der Waals surface area contributed by atoms with Gasteiger partial charge in [0.05, 0.1) is 0 Å². The molecule has 0 aliphatic heterocycles. The Morgan fingerprint density at radius 3 is 2.08 bits per heavy atom. The maximum Gasteiger partial charge on any atom is -0.0355 e. The molecule has 1 aliphatic carbocycles. The first-order valence-corrected chi connectivity index (χ1v) is 5.52. The Balaban J connectivity index is 2.39. The van der Waals surface area contributed by atoms with Crippen LogP contribution in [0.5, 0.6) is 0 Å². The monoisotopic (exact) mass is 168 g/mol. The smallest absolute Gasteiger partial charge is 0.0355 e. The van der Waals surface area contributed by atoms with E-state index in [2.05, 4.69) is 34.6 Å². The molecule has 0 amide bonds. The maximum atomic E-state index is 2.42. The minimum atomic E-state index is 0.888. The summed E-state index contributed by atoms with van der Waals surface area (Å²) in [5.74, 6) is 4.86. The summed E-state index contributed by atoms with van der Waals surface area (Å²) < 4.78 is 0. The van der Waals surface area contributed by atoms with Crippen LogP contribution in [0.25, 0.3) is 0 Å². The van der Waals surface area contributed by atoms with Crippen molar-refractivity contribution < 1.29 is 0 Å². The van der Waals surface area contributed by atoms with E-state index < -0.39 is 0 Å². The summed E-state index contributed by atoms with van der Waals surface area (Å²) in [5.41, 5.74) is 0. The molecule has 1 aliphatic rings. The summed E-state index contributed by atoms with van der Waals surface area (Å²) in [6.07, 6.45) is 2.93. The van der Waals surface area contributed by atoms with Gasteiger partial charge in [-0.25, -0.2) is 0 Å². The van der Waals surface area contributed by atoms with Crippen molar-refractivity contribution in [3.05, 3.63) is 0 Å². The Morgan fingerprint density at radius 1 is 1.17 bits per heavy atom. The van der Waals surface area contributed by atoms with E-state index in [-0.39, 0.29) is 0 Å². The van der Waals surface area contributed by atoms with Crippen LogP contribution in [0.1, 0.15) is 47.5 Å².